The first kappa shape index (κ1) is 24.0. The molecule has 2 aliphatic heterocycles. The van der Waals surface area contributed by atoms with Crippen molar-refractivity contribution in [1.29, 1.82) is 0 Å². The van der Waals surface area contributed by atoms with Crippen LogP contribution in [0, 0.1) is 5.92 Å². The van der Waals surface area contributed by atoms with E-state index in [4.69, 9.17) is 14.2 Å². The predicted octanol–water partition coefficient (Wildman–Crippen LogP) is 1.83. The lowest BCUT2D eigenvalue weighted by Gasteiger charge is -2.26. The van der Waals surface area contributed by atoms with E-state index in [9.17, 15) is 18.0 Å². The lowest BCUT2D eigenvalue weighted by molar-refractivity contribution is -0.118. The number of hydrogen-bond acceptors (Lipinski definition) is 7. The maximum absolute atomic E-state index is 13.0. The molecule has 0 aromatic heterocycles. The molecule has 2 aromatic carbocycles. The first-order valence-electron chi connectivity index (χ1n) is 10.9. The zero-order chi connectivity index (χ0) is 24.3. The number of carbonyl (C=O) groups excluding carboxylic acids is 2. The van der Waals surface area contributed by atoms with Gasteiger partial charge in [0.05, 0.1) is 18.1 Å². The minimum Gasteiger partial charge on any atom is -0.454 e. The summed E-state index contributed by atoms with van der Waals surface area (Å²) in [5, 5.41) is 5.51. The van der Waals surface area contributed by atoms with Gasteiger partial charge in [-0.3, -0.25) is 9.59 Å². The molecule has 0 saturated carbocycles. The molecule has 2 aromatic rings. The zero-order valence-corrected chi connectivity index (χ0v) is 19.8. The fourth-order valence-corrected chi connectivity index (χ4v) is 5.14. The molecule has 0 aliphatic carbocycles. The second-order valence-electron chi connectivity index (χ2n) is 8.30. The minimum absolute atomic E-state index is 0.0213. The molecule has 2 N–H and O–H groups in total. The van der Waals surface area contributed by atoms with Crippen molar-refractivity contribution in [2.24, 2.45) is 5.92 Å². The van der Waals surface area contributed by atoms with Crippen molar-refractivity contribution < 1.29 is 32.2 Å². The highest BCUT2D eigenvalue weighted by Gasteiger charge is 2.29. The molecule has 11 heteroatoms. The molecule has 1 fully saturated rings. The summed E-state index contributed by atoms with van der Waals surface area (Å²) in [6.07, 6.45) is 0. The van der Waals surface area contributed by atoms with Crippen LogP contribution in [-0.4, -0.2) is 63.7 Å². The highest BCUT2D eigenvalue weighted by molar-refractivity contribution is 7.89. The van der Waals surface area contributed by atoms with Crippen LogP contribution in [-0.2, 0) is 19.6 Å². The van der Waals surface area contributed by atoms with Gasteiger partial charge in [-0.1, -0.05) is 19.9 Å². The fourth-order valence-electron chi connectivity index (χ4n) is 3.69. The van der Waals surface area contributed by atoms with Crippen molar-refractivity contribution in [3.63, 3.8) is 0 Å². The van der Waals surface area contributed by atoms with Crippen molar-refractivity contribution in [3.05, 3.63) is 48.0 Å². The van der Waals surface area contributed by atoms with E-state index in [0.717, 1.165) is 0 Å². The number of carbonyl (C=O) groups is 2. The highest BCUT2D eigenvalue weighted by atomic mass is 32.2. The SMILES string of the molecule is CC(C)C(NC(=O)c1cccc(S(=O)(=O)N2CCOCC2)c1)C(=O)Nc1ccc2c(c1)OCO2. The normalized spacial score (nSPS) is 16.8. The van der Waals surface area contributed by atoms with E-state index in [2.05, 4.69) is 10.6 Å². The van der Waals surface area contributed by atoms with Crippen LogP contribution in [0.3, 0.4) is 0 Å². The summed E-state index contributed by atoms with van der Waals surface area (Å²) in [5.74, 6) is -0.0454. The largest absolute Gasteiger partial charge is 0.454 e. The second-order valence-corrected chi connectivity index (χ2v) is 10.2. The van der Waals surface area contributed by atoms with Gasteiger partial charge in [-0.25, -0.2) is 8.42 Å². The lowest BCUT2D eigenvalue weighted by atomic mass is 10.0. The van der Waals surface area contributed by atoms with Crippen LogP contribution in [0.2, 0.25) is 0 Å². The van der Waals surface area contributed by atoms with E-state index < -0.39 is 27.9 Å². The van der Waals surface area contributed by atoms with Crippen LogP contribution in [0.4, 0.5) is 5.69 Å². The average molecular weight is 490 g/mol. The number of ether oxygens (including phenoxy) is 3. The number of sulfonamides is 1. The van der Waals surface area contributed by atoms with E-state index in [1.54, 1.807) is 18.2 Å². The monoisotopic (exact) mass is 489 g/mol. The molecule has 34 heavy (non-hydrogen) atoms. The van der Waals surface area contributed by atoms with Gasteiger partial charge in [0.25, 0.3) is 5.91 Å². The quantitative estimate of drug-likeness (QED) is 0.608. The smallest absolute Gasteiger partial charge is 0.251 e. The minimum atomic E-state index is -3.75. The summed E-state index contributed by atoms with van der Waals surface area (Å²) < 4.78 is 43.0. The Hall–Kier alpha value is -3.15. The van der Waals surface area contributed by atoms with Gasteiger partial charge in [-0.05, 0) is 36.2 Å². The van der Waals surface area contributed by atoms with E-state index in [-0.39, 0.29) is 36.3 Å². The molecule has 0 bridgehead atoms. The fraction of sp³-hybridized carbons (Fsp3) is 0.391. The topological polar surface area (TPSA) is 123 Å². The van der Waals surface area contributed by atoms with Gasteiger partial charge in [-0.2, -0.15) is 4.31 Å². The standard InChI is InChI=1S/C23H27N3O7S/c1-15(2)21(23(28)24-17-6-7-19-20(13-17)33-14-32-19)25-22(27)16-4-3-5-18(12-16)34(29,30)26-8-10-31-11-9-26/h3-7,12-13,15,21H,8-11,14H2,1-2H3,(H,24,28)(H,25,27). The number of amides is 2. The number of fused-ring (bicyclic) bond motifs is 1. The third-order valence-corrected chi connectivity index (χ3v) is 7.47. The van der Waals surface area contributed by atoms with Gasteiger partial charge >= 0.3 is 0 Å². The Bertz CT molecular complexity index is 1180. The Balaban J connectivity index is 1.47. The molecular formula is C23H27N3O7S. The summed E-state index contributed by atoms with van der Waals surface area (Å²) in [4.78, 5) is 25.9. The van der Waals surface area contributed by atoms with Gasteiger partial charge in [0, 0.05) is 30.4 Å². The molecule has 0 radical (unpaired) electrons. The molecule has 1 unspecified atom stereocenters. The van der Waals surface area contributed by atoms with Crippen molar-refractivity contribution in [3.8, 4) is 11.5 Å². The Morgan fingerprint density at radius 2 is 1.74 bits per heavy atom. The maximum Gasteiger partial charge on any atom is 0.251 e. The molecule has 4 rings (SSSR count). The average Bonchev–Trinajstić information content (AvgIpc) is 3.30. The highest BCUT2D eigenvalue weighted by Crippen LogP contribution is 2.34. The van der Waals surface area contributed by atoms with Crippen molar-refractivity contribution >= 4 is 27.5 Å². The first-order valence-corrected chi connectivity index (χ1v) is 12.4. The second kappa shape index (κ2) is 10.00. The van der Waals surface area contributed by atoms with Gasteiger partial charge in [0.1, 0.15) is 6.04 Å². The number of morpholine rings is 1. The summed E-state index contributed by atoms with van der Waals surface area (Å²) in [6, 6.07) is 9.99. The van der Waals surface area contributed by atoms with Crippen LogP contribution in [0.1, 0.15) is 24.2 Å². The van der Waals surface area contributed by atoms with Gasteiger partial charge < -0.3 is 24.8 Å². The van der Waals surface area contributed by atoms with E-state index >= 15 is 0 Å². The Morgan fingerprint density at radius 1 is 1.00 bits per heavy atom. The third kappa shape index (κ3) is 5.16. The summed E-state index contributed by atoms with van der Waals surface area (Å²) >= 11 is 0. The molecular weight excluding hydrogens is 462 g/mol. The number of nitrogens with one attached hydrogen (secondary N) is 2. The number of benzene rings is 2. The molecule has 2 amide bonds. The molecule has 1 atom stereocenters. The van der Waals surface area contributed by atoms with Crippen LogP contribution in [0.5, 0.6) is 11.5 Å². The van der Waals surface area contributed by atoms with Crippen LogP contribution < -0.4 is 20.1 Å². The molecule has 1 saturated heterocycles. The Kier molecular flexibility index (Phi) is 7.05. The van der Waals surface area contributed by atoms with Gasteiger partial charge in [0.2, 0.25) is 22.7 Å². The van der Waals surface area contributed by atoms with Crippen LogP contribution >= 0.6 is 0 Å². The summed E-state index contributed by atoms with van der Waals surface area (Å²) in [5.41, 5.74) is 0.656. The Labute approximate surface area is 198 Å². The number of nitrogens with zero attached hydrogens (tertiary/aromatic N) is 1. The third-order valence-electron chi connectivity index (χ3n) is 5.58. The molecule has 2 aliphatic rings. The maximum atomic E-state index is 13.0. The molecule has 0 spiro atoms. The van der Waals surface area contributed by atoms with E-state index in [1.165, 1.54) is 28.6 Å². The van der Waals surface area contributed by atoms with Crippen molar-refractivity contribution in [2.45, 2.75) is 24.8 Å². The number of hydrogen-bond donors (Lipinski definition) is 2. The predicted molar refractivity (Wildman–Crippen MR) is 123 cm³/mol. The van der Waals surface area contributed by atoms with Gasteiger partial charge in [0.15, 0.2) is 11.5 Å². The van der Waals surface area contributed by atoms with Crippen molar-refractivity contribution in [1.82, 2.24) is 9.62 Å². The zero-order valence-electron chi connectivity index (χ0n) is 18.9. The number of anilines is 1. The molecule has 2 heterocycles. The lowest BCUT2D eigenvalue weighted by Crippen LogP contribution is -2.47. The molecule has 182 valence electrons. The van der Waals surface area contributed by atoms with Crippen LogP contribution in [0.25, 0.3) is 0 Å². The van der Waals surface area contributed by atoms with Crippen molar-refractivity contribution in [2.75, 3.05) is 38.4 Å². The van der Waals surface area contributed by atoms with E-state index in [1.807, 2.05) is 13.8 Å². The van der Waals surface area contributed by atoms with Crippen LogP contribution in [0.15, 0.2) is 47.4 Å². The van der Waals surface area contributed by atoms with E-state index in [0.29, 0.717) is 30.4 Å². The summed E-state index contributed by atoms with van der Waals surface area (Å²) in [7, 11) is -3.75. The first-order chi connectivity index (χ1) is 16.3. The van der Waals surface area contributed by atoms with Gasteiger partial charge in [-0.15, -0.1) is 0 Å². The molecule has 10 nitrogen and oxygen atoms in total. The number of rotatable bonds is 7. The Morgan fingerprint density at radius 3 is 2.47 bits per heavy atom. The summed E-state index contributed by atoms with van der Waals surface area (Å²) in [6.45, 7) is 4.91.